The molecule has 1 saturated heterocycles. The number of anilines is 1. The third kappa shape index (κ3) is 3.71. The highest BCUT2D eigenvalue weighted by Gasteiger charge is 2.27. The van der Waals surface area contributed by atoms with Crippen molar-refractivity contribution in [1.29, 1.82) is 0 Å². The molecule has 5 nitrogen and oxygen atoms in total. The van der Waals surface area contributed by atoms with Gasteiger partial charge in [0, 0.05) is 35.5 Å². The molecule has 2 aromatic heterocycles. The number of nitrogens with one attached hydrogen (secondary N) is 1. The lowest BCUT2D eigenvalue weighted by Gasteiger charge is -2.32. The summed E-state index contributed by atoms with van der Waals surface area (Å²) in [5.41, 5.74) is 2.21. The summed E-state index contributed by atoms with van der Waals surface area (Å²) in [6.45, 7) is 6.38. The summed E-state index contributed by atoms with van der Waals surface area (Å²) in [6.07, 6.45) is 3.29. The molecule has 3 heterocycles. The van der Waals surface area contributed by atoms with E-state index in [1.54, 1.807) is 17.7 Å². The predicted octanol–water partition coefficient (Wildman–Crippen LogP) is 4.49. The van der Waals surface area contributed by atoms with Crippen molar-refractivity contribution in [3.8, 4) is 0 Å². The van der Waals surface area contributed by atoms with E-state index in [1.165, 1.54) is 10.4 Å². The van der Waals surface area contributed by atoms with E-state index in [0.29, 0.717) is 11.6 Å². The number of carbonyl (C=O) groups is 1. The molecule has 7 heteroatoms. The zero-order chi connectivity index (χ0) is 19.7. The number of benzene rings is 1. The molecule has 0 unspecified atom stereocenters. The van der Waals surface area contributed by atoms with Gasteiger partial charge in [0.25, 0.3) is 0 Å². The summed E-state index contributed by atoms with van der Waals surface area (Å²) in [5.74, 6) is 1.14. The molecule has 0 atom stereocenters. The van der Waals surface area contributed by atoms with E-state index in [2.05, 4.69) is 34.0 Å². The fraction of sp³-hybridized carbons (Fsp3) is 0.381. The monoisotopic (exact) mass is 414 g/mol. The molecule has 0 saturated carbocycles. The Morgan fingerprint density at radius 3 is 2.75 bits per heavy atom. The van der Waals surface area contributed by atoms with E-state index in [4.69, 9.17) is 11.6 Å². The number of rotatable bonds is 4. The van der Waals surface area contributed by atoms with Crippen LogP contribution >= 0.6 is 22.9 Å². The number of aryl methyl sites for hydroxylation is 2. The van der Waals surface area contributed by atoms with Crippen molar-refractivity contribution in [1.82, 2.24) is 15.3 Å². The highest BCUT2D eigenvalue weighted by Crippen LogP contribution is 2.35. The van der Waals surface area contributed by atoms with Gasteiger partial charge < -0.3 is 10.2 Å². The van der Waals surface area contributed by atoms with Gasteiger partial charge in [0.2, 0.25) is 5.91 Å². The molecule has 3 aromatic rings. The number of halogens is 1. The van der Waals surface area contributed by atoms with Crippen molar-refractivity contribution in [2.45, 2.75) is 33.2 Å². The number of thiophene rings is 1. The van der Waals surface area contributed by atoms with Crippen LogP contribution in [0.2, 0.25) is 5.02 Å². The van der Waals surface area contributed by atoms with Gasteiger partial charge in [-0.15, -0.1) is 11.3 Å². The second-order valence-corrected chi connectivity index (χ2v) is 8.84. The Kier molecular flexibility index (Phi) is 5.51. The lowest BCUT2D eigenvalue weighted by molar-refractivity contribution is -0.125. The highest BCUT2D eigenvalue weighted by molar-refractivity contribution is 7.18. The maximum Gasteiger partial charge on any atom is 0.223 e. The van der Waals surface area contributed by atoms with Gasteiger partial charge in [-0.05, 0) is 43.9 Å². The summed E-state index contributed by atoms with van der Waals surface area (Å²) >= 11 is 7.89. The molecule has 1 aromatic carbocycles. The van der Waals surface area contributed by atoms with Gasteiger partial charge in [0.1, 0.15) is 17.0 Å². The highest BCUT2D eigenvalue weighted by atomic mass is 35.5. The Balaban J connectivity index is 1.40. The predicted molar refractivity (Wildman–Crippen MR) is 115 cm³/mol. The minimum atomic E-state index is 0.0290. The third-order valence-corrected chi connectivity index (χ3v) is 7.01. The van der Waals surface area contributed by atoms with Crippen molar-refractivity contribution in [2.24, 2.45) is 5.92 Å². The summed E-state index contributed by atoms with van der Waals surface area (Å²) in [5, 5.41) is 4.89. The second kappa shape index (κ2) is 8.05. The average Bonchev–Trinajstić information content (AvgIpc) is 3.01. The topological polar surface area (TPSA) is 58.1 Å². The lowest BCUT2D eigenvalue weighted by atomic mass is 9.95. The second-order valence-electron chi connectivity index (χ2n) is 7.23. The largest absolute Gasteiger partial charge is 0.356 e. The Morgan fingerprint density at radius 2 is 2.00 bits per heavy atom. The third-order valence-electron chi connectivity index (χ3n) is 5.52. The number of carbonyl (C=O) groups excluding carboxylic acids is 1. The van der Waals surface area contributed by atoms with Gasteiger partial charge in [-0.25, -0.2) is 9.97 Å². The van der Waals surface area contributed by atoms with Crippen LogP contribution in [-0.2, 0) is 11.3 Å². The summed E-state index contributed by atoms with van der Waals surface area (Å²) in [7, 11) is 0. The number of hydrogen-bond acceptors (Lipinski definition) is 5. The Hall–Kier alpha value is -2.18. The zero-order valence-electron chi connectivity index (χ0n) is 16.0. The number of hydrogen-bond donors (Lipinski definition) is 1. The van der Waals surface area contributed by atoms with Crippen LogP contribution < -0.4 is 10.2 Å². The van der Waals surface area contributed by atoms with E-state index >= 15 is 0 Å². The number of fused-ring (bicyclic) bond motifs is 1. The van der Waals surface area contributed by atoms with E-state index in [9.17, 15) is 4.79 Å². The maximum atomic E-state index is 12.6. The average molecular weight is 415 g/mol. The molecule has 1 N–H and O–H groups in total. The molecule has 1 aliphatic heterocycles. The fourth-order valence-corrected chi connectivity index (χ4v) is 4.92. The molecule has 146 valence electrons. The molecule has 0 spiro atoms. The first-order valence-electron chi connectivity index (χ1n) is 9.51. The van der Waals surface area contributed by atoms with Crippen molar-refractivity contribution in [2.75, 3.05) is 18.0 Å². The number of amides is 1. The molecule has 0 radical (unpaired) electrons. The molecule has 0 aliphatic carbocycles. The van der Waals surface area contributed by atoms with Crippen LogP contribution in [-0.4, -0.2) is 29.0 Å². The van der Waals surface area contributed by atoms with Crippen molar-refractivity contribution >= 4 is 44.9 Å². The van der Waals surface area contributed by atoms with Crippen LogP contribution in [0.15, 0.2) is 30.6 Å². The number of aromatic nitrogens is 2. The standard InChI is InChI=1S/C21H23ClN4OS/c1-13-14(2)28-21-18(13)19(24-12-25-21)26-9-7-15(8-10-26)20(27)23-11-16-5-3-4-6-17(16)22/h3-6,12,15H,7-11H2,1-2H3,(H,23,27). The Labute approximate surface area is 173 Å². The first-order valence-corrected chi connectivity index (χ1v) is 10.7. The molecule has 4 rings (SSSR count). The summed E-state index contributed by atoms with van der Waals surface area (Å²) in [6, 6.07) is 7.61. The van der Waals surface area contributed by atoms with Gasteiger partial charge >= 0.3 is 0 Å². The summed E-state index contributed by atoms with van der Waals surface area (Å²) < 4.78 is 0. The van der Waals surface area contributed by atoms with Crippen LogP contribution in [0, 0.1) is 19.8 Å². The Morgan fingerprint density at radius 1 is 1.25 bits per heavy atom. The fourth-order valence-electron chi connectivity index (χ4n) is 3.73. The zero-order valence-corrected chi connectivity index (χ0v) is 17.6. The molecule has 1 aliphatic rings. The maximum absolute atomic E-state index is 12.6. The quantitative estimate of drug-likeness (QED) is 0.683. The Bertz CT molecular complexity index is 1010. The molecular formula is C21H23ClN4OS. The first kappa shape index (κ1) is 19.2. The molecule has 1 fully saturated rings. The minimum Gasteiger partial charge on any atom is -0.356 e. The van der Waals surface area contributed by atoms with E-state index in [0.717, 1.165) is 47.5 Å². The van der Waals surface area contributed by atoms with Crippen LogP contribution in [0.3, 0.4) is 0 Å². The van der Waals surface area contributed by atoms with Gasteiger partial charge in [-0.3, -0.25) is 4.79 Å². The van der Waals surface area contributed by atoms with E-state index in [-0.39, 0.29) is 11.8 Å². The van der Waals surface area contributed by atoms with Crippen molar-refractivity contribution in [3.63, 3.8) is 0 Å². The van der Waals surface area contributed by atoms with Gasteiger partial charge in [-0.1, -0.05) is 29.8 Å². The molecule has 1 amide bonds. The van der Waals surface area contributed by atoms with Gasteiger partial charge in [0.05, 0.1) is 5.39 Å². The molecule has 0 bridgehead atoms. The van der Waals surface area contributed by atoms with Crippen LogP contribution in [0.5, 0.6) is 0 Å². The van der Waals surface area contributed by atoms with Crippen LogP contribution in [0.1, 0.15) is 28.8 Å². The van der Waals surface area contributed by atoms with E-state index < -0.39 is 0 Å². The van der Waals surface area contributed by atoms with Crippen molar-refractivity contribution in [3.05, 3.63) is 51.6 Å². The smallest absolute Gasteiger partial charge is 0.223 e. The number of nitrogens with zero attached hydrogens (tertiary/aromatic N) is 3. The number of piperidine rings is 1. The van der Waals surface area contributed by atoms with Gasteiger partial charge in [-0.2, -0.15) is 0 Å². The molecule has 28 heavy (non-hydrogen) atoms. The van der Waals surface area contributed by atoms with E-state index in [1.807, 2.05) is 24.3 Å². The normalized spacial score (nSPS) is 15.2. The summed E-state index contributed by atoms with van der Waals surface area (Å²) in [4.78, 5) is 26.2. The van der Waals surface area contributed by atoms with Crippen molar-refractivity contribution < 1.29 is 4.79 Å². The lowest BCUT2D eigenvalue weighted by Crippen LogP contribution is -2.40. The first-order chi connectivity index (χ1) is 13.5. The van der Waals surface area contributed by atoms with Crippen LogP contribution in [0.4, 0.5) is 5.82 Å². The SMILES string of the molecule is Cc1sc2ncnc(N3CCC(C(=O)NCc4ccccc4Cl)CC3)c2c1C. The molecular weight excluding hydrogens is 392 g/mol. The minimum absolute atomic E-state index is 0.0290. The van der Waals surface area contributed by atoms with Crippen LogP contribution in [0.25, 0.3) is 10.2 Å². The van der Waals surface area contributed by atoms with Gasteiger partial charge in [0.15, 0.2) is 0 Å².